The van der Waals surface area contributed by atoms with Crippen LogP contribution in [0.1, 0.15) is 27.7 Å². The van der Waals surface area contributed by atoms with Crippen molar-refractivity contribution in [3.8, 4) is 0 Å². The Labute approximate surface area is 138 Å². The number of carboxylic acid groups (broad SMARTS) is 1. The Balaban J connectivity index is 2.62. The molecule has 0 atom stereocenters. The van der Waals surface area contributed by atoms with Gasteiger partial charge in [0.15, 0.2) is 0 Å². The molecule has 5 nitrogen and oxygen atoms in total. The van der Waals surface area contributed by atoms with E-state index in [4.69, 9.17) is 0 Å². The summed E-state index contributed by atoms with van der Waals surface area (Å²) in [7, 11) is 0. The normalized spacial score (nSPS) is 12.0. The van der Waals surface area contributed by atoms with Crippen molar-refractivity contribution in [2.75, 3.05) is 11.9 Å². The number of carbonyl (C=O) groups is 2. The van der Waals surface area contributed by atoms with Crippen LogP contribution in [-0.4, -0.2) is 29.1 Å². The molecule has 0 spiro atoms. The fourth-order valence-electron chi connectivity index (χ4n) is 1.56. The number of nitrogens with one attached hydrogen (secondary N) is 2. The van der Waals surface area contributed by atoms with Crippen molar-refractivity contribution in [1.82, 2.24) is 5.32 Å². The van der Waals surface area contributed by atoms with Gasteiger partial charge in [-0.05, 0) is 68.5 Å². The van der Waals surface area contributed by atoms with Gasteiger partial charge in [-0.2, -0.15) is 0 Å². The molecule has 0 aliphatic heterocycles. The molecule has 0 aliphatic carbocycles. The van der Waals surface area contributed by atoms with Gasteiger partial charge in [-0.15, -0.1) is 0 Å². The molecule has 3 N–H and O–H groups in total. The monoisotopic (exact) mass is 404 g/mol. The molecule has 0 radical (unpaired) electrons. The summed E-state index contributed by atoms with van der Waals surface area (Å²) in [6, 6.07) is 7.48. The minimum Gasteiger partial charge on any atom is -0.481 e. The van der Waals surface area contributed by atoms with E-state index in [0.717, 1.165) is 9.26 Å². The van der Waals surface area contributed by atoms with Crippen LogP contribution in [0.25, 0.3) is 0 Å². The first-order valence-electron chi connectivity index (χ1n) is 6.60. The highest BCUT2D eigenvalue weighted by Crippen LogP contribution is 2.30. The highest BCUT2D eigenvalue weighted by molar-refractivity contribution is 14.1. The van der Waals surface area contributed by atoms with Gasteiger partial charge in [0, 0.05) is 14.8 Å². The number of carboxylic acids is 1. The van der Waals surface area contributed by atoms with Crippen molar-refractivity contribution >= 4 is 40.2 Å². The van der Waals surface area contributed by atoms with Crippen molar-refractivity contribution in [2.45, 2.75) is 33.2 Å². The Hall–Kier alpha value is -1.15. The van der Waals surface area contributed by atoms with E-state index in [1.165, 1.54) is 0 Å². The van der Waals surface area contributed by atoms with Crippen molar-refractivity contribution in [3.63, 3.8) is 0 Å². The van der Waals surface area contributed by atoms with E-state index in [9.17, 15) is 14.7 Å². The third-order valence-corrected chi connectivity index (χ3v) is 4.57. The molecule has 1 amide bonds. The largest absolute Gasteiger partial charge is 0.481 e. The highest BCUT2D eigenvalue weighted by atomic mass is 127. The summed E-state index contributed by atoms with van der Waals surface area (Å²) in [6.45, 7) is 6.88. The zero-order valence-electron chi connectivity index (χ0n) is 12.7. The zero-order chi connectivity index (χ0) is 16.3. The second-order valence-corrected chi connectivity index (χ2v) is 7.21. The van der Waals surface area contributed by atoms with E-state index >= 15 is 0 Å². The predicted octanol–water partition coefficient (Wildman–Crippen LogP) is 2.71. The maximum Gasteiger partial charge on any atom is 0.310 e. The molecule has 0 aliphatic rings. The van der Waals surface area contributed by atoms with Crippen LogP contribution in [0.15, 0.2) is 24.3 Å². The van der Waals surface area contributed by atoms with E-state index in [1.807, 2.05) is 24.3 Å². The molecule has 1 aromatic rings. The van der Waals surface area contributed by atoms with Crippen LogP contribution in [0.2, 0.25) is 0 Å². The van der Waals surface area contributed by atoms with Crippen molar-refractivity contribution < 1.29 is 14.7 Å². The predicted molar refractivity (Wildman–Crippen MR) is 91.3 cm³/mol. The quantitative estimate of drug-likeness (QED) is 0.638. The standard InChI is InChI=1S/C15H21IN2O3/c1-14(2,13(20)21)15(3,4)17-9-12(19)18-11-7-5-6-10(16)8-11/h5-8,17H,9H2,1-4H3,(H,18,19)(H,20,21). The van der Waals surface area contributed by atoms with Crippen LogP contribution in [-0.2, 0) is 9.59 Å². The lowest BCUT2D eigenvalue weighted by atomic mass is 9.74. The van der Waals surface area contributed by atoms with Crippen molar-refractivity contribution in [2.24, 2.45) is 5.41 Å². The molecule has 0 heterocycles. The van der Waals surface area contributed by atoms with Gasteiger partial charge < -0.3 is 15.7 Å². The first kappa shape index (κ1) is 17.9. The number of benzene rings is 1. The minimum atomic E-state index is -0.991. The van der Waals surface area contributed by atoms with Crippen molar-refractivity contribution in [1.29, 1.82) is 0 Å². The number of amides is 1. The van der Waals surface area contributed by atoms with E-state index in [0.29, 0.717) is 0 Å². The van der Waals surface area contributed by atoms with E-state index in [2.05, 4.69) is 33.2 Å². The van der Waals surface area contributed by atoms with Crippen LogP contribution in [0.4, 0.5) is 5.69 Å². The Morgan fingerprint density at radius 2 is 1.86 bits per heavy atom. The van der Waals surface area contributed by atoms with Gasteiger partial charge in [0.2, 0.25) is 5.91 Å². The molecule has 0 bridgehead atoms. The average Bonchev–Trinajstić information content (AvgIpc) is 2.36. The summed E-state index contributed by atoms with van der Waals surface area (Å²) in [5.41, 5.74) is -0.986. The Kier molecular flexibility index (Phi) is 5.75. The Morgan fingerprint density at radius 1 is 1.24 bits per heavy atom. The lowest BCUT2D eigenvalue weighted by Crippen LogP contribution is -2.56. The smallest absolute Gasteiger partial charge is 0.310 e. The number of rotatable bonds is 6. The van der Waals surface area contributed by atoms with E-state index in [1.54, 1.807) is 27.7 Å². The Morgan fingerprint density at radius 3 is 2.38 bits per heavy atom. The molecule has 116 valence electrons. The van der Waals surface area contributed by atoms with Crippen LogP contribution >= 0.6 is 22.6 Å². The molecule has 0 saturated carbocycles. The summed E-state index contributed by atoms with van der Waals surface area (Å²) >= 11 is 2.17. The highest BCUT2D eigenvalue weighted by Gasteiger charge is 2.43. The maximum atomic E-state index is 11.9. The number of anilines is 1. The van der Waals surface area contributed by atoms with Gasteiger partial charge in [-0.3, -0.25) is 9.59 Å². The number of hydrogen-bond donors (Lipinski definition) is 3. The molecule has 1 rings (SSSR count). The first-order chi connectivity index (χ1) is 9.56. The lowest BCUT2D eigenvalue weighted by Gasteiger charge is -2.38. The molecule has 6 heteroatoms. The molecular formula is C15H21IN2O3. The molecule has 0 saturated heterocycles. The summed E-state index contributed by atoms with van der Waals surface area (Å²) in [5, 5.41) is 15.1. The summed E-state index contributed by atoms with van der Waals surface area (Å²) in [6.07, 6.45) is 0. The third-order valence-electron chi connectivity index (χ3n) is 3.90. The second kappa shape index (κ2) is 6.74. The fourth-order valence-corrected chi connectivity index (χ4v) is 2.10. The molecule has 0 unspecified atom stereocenters. The molecule has 0 aromatic heterocycles. The molecule has 1 aromatic carbocycles. The summed E-state index contributed by atoms with van der Waals surface area (Å²) < 4.78 is 1.03. The van der Waals surface area contributed by atoms with Crippen molar-refractivity contribution in [3.05, 3.63) is 27.8 Å². The van der Waals surface area contributed by atoms with Gasteiger partial charge in [0.25, 0.3) is 0 Å². The Bertz CT molecular complexity index is 541. The average molecular weight is 404 g/mol. The maximum absolute atomic E-state index is 11.9. The van der Waals surface area contributed by atoms with Crippen LogP contribution in [0.5, 0.6) is 0 Å². The van der Waals surface area contributed by atoms with Gasteiger partial charge in [-0.1, -0.05) is 6.07 Å². The number of hydrogen-bond acceptors (Lipinski definition) is 3. The SMILES string of the molecule is CC(C)(NCC(=O)Nc1cccc(I)c1)C(C)(C)C(=O)O. The number of aliphatic carboxylic acids is 1. The summed E-state index contributed by atoms with van der Waals surface area (Å²) in [5.74, 6) is -1.11. The first-order valence-corrected chi connectivity index (χ1v) is 7.68. The van der Waals surface area contributed by atoms with E-state index < -0.39 is 16.9 Å². The lowest BCUT2D eigenvalue weighted by molar-refractivity contribution is -0.151. The van der Waals surface area contributed by atoms with Crippen LogP contribution < -0.4 is 10.6 Å². The van der Waals surface area contributed by atoms with Gasteiger partial charge in [-0.25, -0.2) is 0 Å². The second-order valence-electron chi connectivity index (χ2n) is 5.97. The van der Waals surface area contributed by atoms with Gasteiger partial charge in [0.05, 0.1) is 12.0 Å². The van der Waals surface area contributed by atoms with Gasteiger partial charge in [0.1, 0.15) is 0 Å². The molecule has 21 heavy (non-hydrogen) atoms. The van der Waals surface area contributed by atoms with E-state index in [-0.39, 0.29) is 12.5 Å². The molecular weight excluding hydrogens is 383 g/mol. The summed E-state index contributed by atoms with van der Waals surface area (Å²) in [4.78, 5) is 23.2. The topological polar surface area (TPSA) is 78.4 Å². The van der Waals surface area contributed by atoms with Gasteiger partial charge >= 0.3 is 5.97 Å². The van der Waals surface area contributed by atoms with Crippen LogP contribution in [0, 0.1) is 8.99 Å². The minimum absolute atomic E-state index is 0.0508. The van der Waals surface area contributed by atoms with Crippen LogP contribution in [0.3, 0.4) is 0 Å². The molecule has 0 fully saturated rings. The third kappa shape index (κ3) is 4.67. The number of halogens is 1. The zero-order valence-corrected chi connectivity index (χ0v) is 14.8. The fraction of sp³-hybridized carbons (Fsp3) is 0.467. The number of carbonyl (C=O) groups excluding carboxylic acids is 1.